The molecule has 0 spiro atoms. The molecule has 1 aliphatic heterocycles. The van der Waals surface area contributed by atoms with Crippen LogP contribution in [0.15, 0.2) is 23.3 Å². The third-order valence-electron chi connectivity index (χ3n) is 3.79. The van der Waals surface area contributed by atoms with E-state index in [4.69, 9.17) is 16.3 Å². The average molecular weight is 469 g/mol. The van der Waals surface area contributed by atoms with Crippen LogP contribution in [0.4, 0.5) is 0 Å². The fraction of sp³-hybridized carbons (Fsp3) is 0.625. The van der Waals surface area contributed by atoms with Gasteiger partial charge in [0.2, 0.25) is 0 Å². The fourth-order valence-electron chi connectivity index (χ4n) is 2.36. The van der Waals surface area contributed by atoms with Crippen LogP contribution in [-0.4, -0.2) is 54.5 Å². The fourth-order valence-corrected chi connectivity index (χ4v) is 2.47. The van der Waals surface area contributed by atoms with Gasteiger partial charge in [-0.25, -0.2) is 4.98 Å². The van der Waals surface area contributed by atoms with Gasteiger partial charge in [0.15, 0.2) is 5.96 Å². The van der Waals surface area contributed by atoms with Crippen LogP contribution in [0, 0.1) is 0 Å². The zero-order valence-corrected chi connectivity index (χ0v) is 17.0. The zero-order chi connectivity index (χ0) is 16.5. The monoisotopic (exact) mass is 468 g/mol. The quantitative estimate of drug-likeness (QED) is 0.258. The van der Waals surface area contributed by atoms with Gasteiger partial charge in [-0.3, -0.25) is 4.99 Å². The van der Waals surface area contributed by atoms with Crippen molar-refractivity contribution < 1.29 is 9.84 Å². The smallest absolute Gasteiger partial charge is 0.191 e. The molecule has 0 amide bonds. The molecule has 8 heteroatoms. The number of hydrogen-bond acceptors (Lipinski definition) is 4. The molecule has 1 aromatic heterocycles. The van der Waals surface area contributed by atoms with E-state index in [1.807, 2.05) is 13.0 Å². The maximum atomic E-state index is 10.5. The van der Waals surface area contributed by atoms with Crippen molar-refractivity contribution in [2.75, 3.05) is 32.8 Å². The first-order chi connectivity index (χ1) is 11.1. The third kappa shape index (κ3) is 7.50. The molecular formula is C16H26ClIN4O2. The van der Waals surface area contributed by atoms with E-state index in [2.05, 4.69) is 20.6 Å². The molecule has 2 rings (SSSR count). The Bertz CT molecular complexity index is 507. The molecule has 136 valence electrons. The SMILES string of the molecule is CCNC(=NCC1(O)CCOCC1)NCCc1ccc(Cl)nc1.I. The van der Waals surface area contributed by atoms with Crippen LogP contribution in [0.3, 0.4) is 0 Å². The van der Waals surface area contributed by atoms with Crippen molar-refractivity contribution in [3.05, 3.63) is 29.0 Å². The van der Waals surface area contributed by atoms with Gasteiger partial charge < -0.3 is 20.5 Å². The molecule has 0 atom stereocenters. The molecule has 0 saturated carbocycles. The van der Waals surface area contributed by atoms with Gasteiger partial charge in [-0.15, -0.1) is 24.0 Å². The summed E-state index contributed by atoms with van der Waals surface area (Å²) in [7, 11) is 0. The summed E-state index contributed by atoms with van der Waals surface area (Å²) < 4.78 is 5.29. The number of nitrogens with zero attached hydrogens (tertiary/aromatic N) is 2. The second kappa shape index (κ2) is 11.1. The normalized spacial score (nSPS) is 17.0. The number of hydrogen-bond donors (Lipinski definition) is 3. The number of nitrogens with one attached hydrogen (secondary N) is 2. The third-order valence-corrected chi connectivity index (χ3v) is 4.02. The van der Waals surface area contributed by atoms with Crippen LogP contribution in [0.25, 0.3) is 0 Å². The Balaban J connectivity index is 0.00000288. The Labute approximate surface area is 165 Å². The molecule has 1 aromatic rings. The molecular weight excluding hydrogens is 443 g/mol. The van der Waals surface area contributed by atoms with Gasteiger partial charge in [0.05, 0.1) is 12.1 Å². The van der Waals surface area contributed by atoms with Crippen molar-refractivity contribution in [1.29, 1.82) is 0 Å². The van der Waals surface area contributed by atoms with Crippen molar-refractivity contribution in [3.63, 3.8) is 0 Å². The highest BCUT2D eigenvalue weighted by atomic mass is 127. The summed E-state index contributed by atoms with van der Waals surface area (Å²) in [6, 6.07) is 3.75. The molecule has 3 N–H and O–H groups in total. The summed E-state index contributed by atoms with van der Waals surface area (Å²) in [5.74, 6) is 0.717. The maximum absolute atomic E-state index is 10.5. The number of guanidine groups is 1. The van der Waals surface area contributed by atoms with E-state index < -0.39 is 5.60 Å². The molecule has 24 heavy (non-hydrogen) atoms. The number of halogens is 2. The van der Waals surface area contributed by atoms with Crippen molar-refractivity contribution in [3.8, 4) is 0 Å². The lowest BCUT2D eigenvalue weighted by Gasteiger charge is -2.30. The summed E-state index contributed by atoms with van der Waals surface area (Å²) in [6.07, 6.45) is 3.87. The summed E-state index contributed by atoms with van der Waals surface area (Å²) in [5.41, 5.74) is 0.363. The van der Waals surface area contributed by atoms with Crippen LogP contribution in [0.1, 0.15) is 25.3 Å². The predicted molar refractivity (Wildman–Crippen MR) is 107 cm³/mol. The second-order valence-electron chi connectivity index (χ2n) is 5.70. The maximum Gasteiger partial charge on any atom is 0.191 e. The van der Waals surface area contributed by atoms with E-state index in [1.165, 1.54) is 0 Å². The first kappa shape index (κ1) is 21.4. The first-order valence-corrected chi connectivity index (χ1v) is 8.42. The number of ether oxygens (including phenoxy) is 1. The summed E-state index contributed by atoms with van der Waals surface area (Å²) in [5, 5.41) is 17.4. The molecule has 0 aromatic carbocycles. The Kier molecular flexibility index (Phi) is 9.87. The van der Waals surface area contributed by atoms with Gasteiger partial charge >= 0.3 is 0 Å². The van der Waals surface area contributed by atoms with E-state index in [0.29, 0.717) is 43.7 Å². The molecule has 1 saturated heterocycles. The summed E-state index contributed by atoms with van der Waals surface area (Å²) in [6.45, 7) is 5.10. The molecule has 1 aliphatic rings. The number of aliphatic imine (C=N–C) groups is 1. The topological polar surface area (TPSA) is 78.8 Å². The van der Waals surface area contributed by atoms with E-state index in [9.17, 15) is 5.11 Å². The van der Waals surface area contributed by atoms with Crippen LogP contribution in [0.2, 0.25) is 5.15 Å². The number of aliphatic hydroxyl groups is 1. The second-order valence-corrected chi connectivity index (χ2v) is 6.09. The van der Waals surface area contributed by atoms with Gasteiger partial charge in [0, 0.05) is 45.3 Å². The largest absolute Gasteiger partial charge is 0.388 e. The van der Waals surface area contributed by atoms with E-state index in [1.54, 1.807) is 12.3 Å². The van der Waals surface area contributed by atoms with Crippen molar-refractivity contribution in [2.24, 2.45) is 4.99 Å². The minimum atomic E-state index is -0.749. The Morgan fingerprint density at radius 2 is 2.12 bits per heavy atom. The van der Waals surface area contributed by atoms with E-state index >= 15 is 0 Å². The lowest BCUT2D eigenvalue weighted by molar-refractivity contribution is -0.0565. The molecule has 2 heterocycles. The molecule has 0 bridgehead atoms. The van der Waals surface area contributed by atoms with Crippen molar-refractivity contribution in [2.45, 2.75) is 31.8 Å². The van der Waals surface area contributed by atoms with Crippen LogP contribution in [-0.2, 0) is 11.2 Å². The highest BCUT2D eigenvalue weighted by molar-refractivity contribution is 14.0. The lowest BCUT2D eigenvalue weighted by atomic mass is 9.95. The summed E-state index contributed by atoms with van der Waals surface area (Å²) in [4.78, 5) is 8.57. The molecule has 0 unspecified atom stereocenters. The zero-order valence-electron chi connectivity index (χ0n) is 13.9. The van der Waals surface area contributed by atoms with Crippen molar-refractivity contribution in [1.82, 2.24) is 15.6 Å². The van der Waals surface area contributed by atoms with Gasteiger partial charge in [-0.05, 0) is 25.0 Å². The van der Waals surface area contributed by atoms with E-state index in [0.717, 1.165) is 25.1 Å². The highest BCUT2D eigenvalue weighted by Gasteiger charge is 2.29. The van der Waals surface area contributed by atoms with Gasteiger partial charge in [-0.1, -0.05) is 17.7 Å². The number of pyridine rings is 1. The number of rotatable bonds is 6. The minimum absolute atomic E-state index is 0. The molecule has 0 aliphatic carbocycles. The van der Waals surface area contributed by atoms with Crippen LogP contribution in [0.5, 0.6) is 0 Å². The molecule has 0 radical (unpaired) electrons. The molecule has 6 nitrogen and oxygen atoms in total. The van der Waals surface area contributed by atoms with E-state index in [-0.39, 0.29) is 24.0 Å². The average Bonchev–Trinajstić information content (AvgIpc) is 2.55. The van der Waals surface area contributed by atoms with Gasteiger partial charge in [0.25, 0.3) is 0 Å². The lowest BCUT2D eigenvalue weighted by Crippen LogP contribution is -2.43. The Morgan fingerprint density at radius 3 is 2.75 bits per heavy atom. The highest BCUT2D eigenvalue weighted by Crippen LogP contribution is 2.20. The van der Waals surface area contributed by atoms with Gasteiger partial charge in [-0.2, -0.15) is 0 Å². The molecule has 1 fully saturated rings. The number of aromatic nitrogens is 1. The van der Waals surface area contributed by atoms with Crippen LogP contribution >= 0.6 is 35.6 Å². The standard InChI is InChI=1S/C16H25ClN4O2.HI/c1-2-18-15(21-12-16(22)6-9-23-10-7-16)19-8-5-13-3-4-14(17)20-11-13;/h3-4,11,22H,2,5-10,12H2,1H3,(H2,18,19,21);1H. The Hall–Kier alpha value is -0.640. The first-order valence-electron chi connectivity index (χ1n) is 8.04. The predicted octanol–water partition coefficient (Wildman–Crippen LogP) is 1.99. The minimum Gasteiger partial charge on any atom is -0.388 e. The van der Waals surface area contributed by atoms with Crippen LogP contribution < -0.4 is 10.6 Å². The summed E-state index contributed by atoms with van der Waals surface area (Å²) >= 11 is 5.78. The van der Waals surface area contributed by atoms with Crippen molar-refractivity contribution >= 4 is 41.5 Å². The van der Waals surface area contributed by atoms with Gasteiger partial charge in [0.1, 0.15) is 5.15 Å². The Morgan fingerprint density at radius 1 is 1.38 bits per heavy atom.